The fraction of sp³-hybridized carbons (Fsp3) is 0.375. The van der Waals surface area contributed by atoms with Crippen LogP contribution in [0.1, 0.15) is 31.9 Å². The van der Waals surface area contributed by atoms with Gasteiger partial charge in [-0.1, -0.05) is 45.0 Å². The van der Waals surface area contributed by atoms with Crippen LogP contribution in [0, 0.1) is 0 Å². The van der Waals surface area contributed by atoms with Crippen molar-refractivity contribution in [1.82, 2.24) is 9.97 Å². The van der Waals surface area contributed by atoms with Crippen molar-refractivity contribution < 1.29 is 9.47 Å². The number of hydrogen-bond donors (Lipinski definition) is 0. The lowest BCUT2D eigenvalue weighted by molar-refractivity contribution is 0.273. The lowest BCUT2D eigenvalue weighted by Gasteiger charge is -2.19. The number of methoxy groups -OCH3 is 1. The topological polar surface area (TPSA) is 44.2 Å². The van der Waals surface area contributed by atoms with E-state index in [1.54, 1.807) is 19.4 Å². The van der Waals surface area contributed by atoms with Crippen LogP contribution in [0.3, 0.4) is 0 Å². The Morgan fingerprint density at radius 2 is 1.75 bits per heavy atom. The molecule has 0 aliphatic rings. The molecule has 0 N–H and O–H groups in total. The fourth-order valence-electron chi connectivity index (χ4n) is 1.76. The molecular formula is C16H20N2O2. The van der Waals surface area contributed by atoms with Crippen molar-refractivity contribution in [2.24, 2.45) is 0 Å². The van der Waals surface area contributed by atoms with E-state index in [9.17, 15) is 0 Å². The standard InChI is InChI=1S/C16H20N2O2/c1-16(2,3)13-7-5-12(6-8-13)11-20-15-17-10-9-14(18-15)19-4/h5-10H,11H2,1-4H3. The molecule has 4 nitrogen and oxygen atoms in total. The van der Waals surface area contributed by atoms with Gasteiger partial charge in [0.05, 0.1) is 7.11 Å². The van der Waals surface area contributed by atoms with Gasteiger partial charge in [0, 0.05) is 12.3 Å². The van der Waals surface area contributed by atoms with E-state index in [2.05, 4.69) is 55.0 Å². The Morgan fingerprint density at radius 1 is 1.05 bits per heavy atom. The maximum absolute atomic E-state index is 5.56. The van der Waals surface area contributed by atoms with Crippen LogP contribution in [0.2, 0.25) is 0 Å². The molecule has 4 heteroatoms. The summed E-state index contributed by atoms with van der Waals surface area (Å²) in [5, 5.41) is 0. The zero-order valence-electron chi connectivity index (χ0n) is 12.4. The van der Waals surface area contributed by atoms with Crippen LogP contribution in [0.15, 0.2) is 36.5 Å². The molecule has 0 amide bonds. The number of hydrogen-bond acceptors (Lipinski definition) is 4. The summed E-state index contributed by atoms with van der Waals surface area (Å²) >= 11 is 0. The van der Waals surface area contributed by atoms with Gasteiger partial charge in [0.25, 0.3) is 0 Å². The van der Waals surface area contributed by atoms with Crippen molar-refractivity contribution in [2.45, 2.75) is 32.8 Å². The van der Waals surface area contributed by atoms with Crippen LogP contribution in [0.4, 0.5) is 0 Å². The summed E-state index contributed by atoms with van der Waals surface area (Å²) in [6, 6.07) is 10.4. The second-order valence-electron chi connectivity index (χ2n) is 5.62. The average Bonchev–Trinajstić information content (AvgIpc) is 2.45. The molecule has 0 aliphatic carbocycles. The number of nitrogens with zero attached hydrogens (tertiary/aromatic N) is 2. The second-order valence-corrected chi connectivity index (χ2v) is 5.62. The predicted octanol–water partition coefficient (Wildman–Crippen LogP) is 3.36. The minimum atomic E-state index is 0.162. The molecule has 2 rings (SSSR count). The first-order valence-electron chi connectivity index (χ1n) is 6.58. The Kier molecular flexibility index (Phi) is 4.23. The molecule has 0 bridgehead atoms. The summed E-state index contributed by atoms with van der Waals surface area (Å²) in [4.78, 5) is 8.15. The summed E-state index contributed by atoms with van der Waals surface area (Å²) < 4.78 is 10.6. The third-order valence-electron chi connectivity index (χ3n) is 3.00. The Hall–Kier alpha value is -2.10. The Morgan fingerprint density at radius 3 is 2.35 bits per heavy atom. The molecule has 0 fully saturated rings. The number of ether oxygens (including phenoxy) is 2. The molecular weight excluding hydrogens is 252 g/mol. The molecule has 0 unspecified atom stereocenters. The largest absolute Gasteiger partial charge is 0.481 e. The summed E-state index contributed by atoms with van der Waals surface area (Å²) in [6.07, 6.45) is 1.61. The lowest BCUT2D eigenvalue weighted by atomic mass is 9.87. The first kappa shape index (κ1) is 14.3. The van der Waals surface area contributed by atoms with Gasteiger partial charge in [-0.25, -0.2) is 4.98 Å². The molecule has 1 heterocycles. The molecule has 2 aromatic rings. The third-order valence-corrected chi connectivity index (χ3v) is 3.00. The highest BCUT2D eigenvalue weighted by molar-refractivity contribution is 5.27. The van der Waals surface area contributed by atoms with Crippen molar-refractivity contribution >= 4 is 0 Å². The van der Waals surface area contributed by atoms with Gasteiger partial charge in [0.2, 0.25) is 5.88 Å². The van der Waals surface area contributed by atoms with Gasteiger partial charge in [-0.3, -0.25) is 0 Å². The van der Waals surface area contributed by atoms with E-state index < -0.39 is 0 Å². The van der Waals surface area contributed by atoms with E-state index in [1.165, 1.54) is 5.56 Å². The van der Waals surface area contributed by atoms with E-state index in [0.717, 1.165) is 5.56 Å². The van der Waals surface area contributed by atoms with Crippen LogP contribution >= 0.6 is 0 Å². The maximum atomic E-state index is 5.56. The monoisotopic (exact) mass is 272 g/mol. The lowest BCUT2D eigenvalue weighted by Crippen LogP contribution is -2.11. The Labute approximate surface area is 119 Å². The summed E-state index contributed by atoms with van der Waals surface area (Å²) in [5.41, 5.74) is 2.55. The number of rotatable bonds is 4. The number of benzene rings is 1. The zero-order valence-corrected chi connectivity index (χ0v) is 12.4. The van der Waals surface area contributed by atoms with Gasteiger partial charge >= 0.3 is 6.01 Å². The van der Waals surface area contributed by atoms with E-state index in [1.807, 2.05) is 0 Å². The third kappa shape index (κ3) is 3.70. The quantitative estimate of drug-likeness (QED) is 0.856. The minimum absolute atomic E-state index is 0.162. The van der Waals surface area contributed by atoms with Gasteiger partial charge in [-0.2, -0.15) is 4.98 Å². The molecule has 0 saturated heterocycles. The summed E-state index contributed by atoms with van der Waals surface area (Å²) in [7, 11) is 1.57. The molecule has 106 valence electrons. The van der Waals surface area contributed by atoms with Gasteiger partial charge in [-0.15, -0.1) is 0 Å². The van der Waals surface area contributed by atoms with Crippen molar-refractivity contribution in [3.05, 3.63) is 47.7 Å². The fourth-order valence-corrected chi connectivity index (χ4v) is 1.76. The normalized spacial score (nSPS) is 11.2. The van der Waals surface area contributed by atoms with Gasteiger partial charge < -0.3 is 9.47 Å². The first-order chi connectivity index (χ1) is 9.49. The van der Waals surface area contributed by atoms with E-state index in [4.69, 9.17) is 9.47 Å². The van der Waals surface area contributed by atoms with Crippen molar-refractivity contribution in [1.29, 1.82) is 0 Å². The first-order valence-corrected chi connectivity index (χ1v) is 6.58. The predicted molar refractivity (Wildman–Crippen MR) is 78.1 cm³/mol. The van der Waals surface area contributed by atoms with Gasteiger partial charge in [0.1, 0.15) is 6.61 Å². The highest BCUT2D eigenvalue weighted by Gasteiger charge is 2.12. The van der Waals surface area contributed by atoms with Gasteiger partial charge in [-0.05, 0) is 16.5 Å². The molecule has 1 aromatic heterocycles. The van der Waals surface area contributed by atoms with Crippen LogP contribution in [-0.4, -0.2) is 17.1 Å². The average molecular weight is 272 g/mol. The second kappa shape index (κ2) is 5.90. The van der Waals surface area contributed by atoms with Crippen molar-refractivity contribution in [3.63, 3.8) is 0 Å². The Balaban J connectivity index is 2.00. The van der Waals surface area contributed by atoms with Gasteiger partial charge in [0.15, 0.2) is 0 Å². The molecule has 0 aliphatic heterocycles. The number of aromatic nitrogens is 2. The molecule has 0 radical (unpaired) electrons. The Bertz CT molecular complexity index is 559. The van der Waals surface area contributed by atoms with E-state index in [0.29, 0.717) is 18.5 Å². The molecule has 0 saturated carbocycles. The maximum Gasteiger partial charge on any atom is 0.320 e. The van der Waals surface area contributed by atoms with E-state index >= 15 is 0 Å². The van der Waals surface area contributed by atoms with E-state index in [-0.39, 0.29) is 5.41 Å². The zero-order chi connectivity index (χ0) is 14.6. The molecule has 0 spiro atoms. The van der Waals surface area contributed by atoms with Crippen LogP contribution in [0.25, 0.3) is 0 Å². The smallest absolute Gasteiger partial charge is 0.320 e. The summed E-state index contributed by atoms with van der Waals surface area (Å²) in [5.74, 6) is 0.498. The SMILES string of the molecule is COc1ccnc(OCc2ccc(C(C)(C)C)cc2)n1. The summed E-state index contributed by atoms with van der Waals surface area (Å²) in [6.45, 7) is 7.03. The molecule has 1 aromatic carbocycles. The van der Waals surface area contributed by atoms with Crippen LogP contribution in [0.5, 0.6) is 11.9 Å². The molecule has 20 heavy (non-hydrogen) atoms. The van der Waals surface area contributed by atoms with Crippen molar-refractivity contribution in [2.75, 3.05) is 7.11 Å². The highest BCUT2D eigenvalue weighted by atomic mass is 16.5. The van der Waals surface area contributed by atoms with Crippen molar-refractivity contribution in [3.8, 4) is 11.9 Å². The molecule has 0 atom stereocenters. The van der Waals surface area contributed by atoms with Crippen LogP contribution in [-0.2, 0) is 12.0 Å². The highest BCUT2D eigenvalue weighted by Crippen LogP contribution is 2.22. The van der Waals surface area contributed by atoms with Crippen LogP contribution < -0.4 is 9.47 Å². The minimum Gasteiger partial charge on any atom is -0.481 e.